The maximum Gasteiger partial charge on any atom is 0.271 e. The third kappa shape index (κ3) is 3.75. The minimum Gasteiger partial charge on any atom is -0.272 e. The normalized spacial score (nSPS) is 10.8. The summed E-state index contributed by atoms with van der Waals surface area (Å²) in [5.41, 5.74) is 3.88. The number of carbonyl (C=O) groups is 1. The molecule has 0 bridgehead atoms. The third-order valence-electron chi connectivity index (χ3n) is 2.46. The topological polar surface area (TPSA) is 59.3 Å². The van der Waals surface area contributed by atoms with E-state index in [1.165, 1.54) is 0 Å². The van der Waals surface area contributed by atoms with Crippen LogP contribution in [0, 0.1) is 0 Å². The van der Waals surface area contributed by atoms with E-state index >= 15 is 0 Å². The predicted molar refractivity (Wildman–Crippen MR) is 77.1 cm³/mol. The molecule has 19 heavy (non-hydrogen) atoms. The van der Waals surface area contributed by atoms with Crippen molar-refractivity contribution in [2.75, 3.05) is 0 Å². The first-order valence-electron chi connectivity index (χ1n) is 5.80. The molecule has 0 spiro atoms. The molecule has 5 nitrogen and oxygen atoms in total. The number of hydrazone groups is 1. The first kappa shape index (κ1) is 13.5. The molecule has 2 aromatic rings. The zero-order valence-electron chi connectivity index (χ0n) is 10.4. The number of halogens is 1. The number of hydrogen-bond donors (Lipinski definition) is 1. The molecule has 0 atom stereocenters. The van der Waals surface area contributed by atoms with Crippen LogP contribution in [0.15, 0.2) is 46.2 Å². The maximum absolute atomic E-state index is 11.7. The van der Waals surface area contributed by atoms with Gasteiger partial charge in [0, 0.05) is 28.3 Å². The molecule has 1 N–H and O–H groups in total. The van der Waals surface area contributed by atoms with Crippen LogP contribution < -0.4 is 5.43 Å². The average molecular weight is 321 g/mol. The summed E-state index contributed by atoms with van der Waals surface area (Å²) >= 11 is 3.32. The van der Waals surface area contributed by atoms with Crippen LogP contribution in [0.25, 0.3) is 0 Å². The van der Waals surface area contributed by atoms with Crippen LogP contribution in [0.5, 0.6) is 0 Å². The van der Waals surface area contributed by atoms with Crippen LogP contribution in [0.3, 0.4) is 0 Å². The number of benzene rings is 1. The summed E-state index contributed by atoms with van der Waals surface area (Å²) < 4.78 is 2.72. The highest BCUT2D eigenvalue weighted by Crippen LogP contribution is 2.10. The van der Waals surface area contributed by atoms with Crippen molar-refractivity contribution < 1.29 is 4.79 Å². The van der Waals surface area contributed by atoms with E-state index in [1.54, 1.807) is 29.2 Å². The van der Waals surface area contributed by atoms with Gasteiger partial charge in [-0.1, -0.05) is 15.9 Å². The summed E-state index contributed by atoms with van der Waals surface area (Å²) in [4.78, 5) is 11.7. The Bertz CT molecular complexity index is 589. The highest BCUT2D eigenvalue weighted by Gasteiger charge is 2.02. The summed E-state index contributed by atoms with van der Waals surface area (Å²) in [6.07, 6.45) is 5.12. The Morgan fingerprint density at radius 2 is 2.21 bits per heavy atom. The largest absolute Gasteiger partial charge is 0.272 e. The lowest BCUT2D eigenvalue weighted by Crippen LogP contribution is -2.17. The van der Waals surface area contributed by atoms with Crippen LogP contribution in [0.2, 0.25) is 0 Å². The SMILES string of the molecule is CCn1cc(/C=N\NC(=O)c2ccc(Br)cc2)cn1. The Kier molecular flexibility index (Phi) is 4.46. The van der Waals surface area contributed by atoms with Crippen LogP contribution >= 0.6 is 15.9 Å². The van der Waals surface area contributed by atoms with Gasteiger partial charge >= 0.3 is 0 Å². The predicted octanol–water partition coefficient (Wildman–Crippen LogP) is 2.43. The lowest BCUT2D eigenvalue weighted by molar-refractivity contribution is 0.0955. The molecule has 2 rings (SSSR count). The molecule has 6 heteroatoms. The van der Waals surface area contributed by atoms with Gasteiger partial charge in [0.1, 0.15) is 0 Å². The van der Waals surface area contributed by atoms with E-state index in [-0.39, 0.29) is 5.91 Å². The molecule has 1 heterocycles. The number of aromatic nitrogens is 2. The van der Waals surface area contributed by atoms with E-state index in [0.717, 1.165) is 16.6 Å². The second kappa shape index (κ2) is 6.29. The molecule has 0 radical (unpaired) electrons. The van der Waals surface area contributed by atoms with Crippen molar-refractivity contribution in [3.63, 3.8) is 0 Å². The monoisotopic (exact) mass is 320 g/mol. The van der Waals surface area contributed by atoms with Gasteiger partial charge in [0.05, 0.1) is 12.4 Å². The second-order valence-corrected chi connectivity index (χ2v) is 4.75. The fourth-order valence-corrected chi connectivity index (χ4v) is 1.71. The van der Waals surface area contributed by atoms with E-state index < -0.39 is 0 Å². The molecule has 0 aliphatic rings. The minimum atomic E-state index is -0.244. The Hall–Kier alpha value is -1.95. The molecule has 0 aliphatic heterocycles. The maximum atomic E-state index is 11.7. The van der Waals surface area contributed by atoms with Gasteiger partial charge in [-0.15, -0.1) is 0 Å². The van der Waals surface area contributed by atoms with Crippen LogP contribution in [-0.4, -0.2) is 21.9 Å². The van der Waals surface area contributed by atoms with Crippen LogP contribution in [0.4, 0.5) is 0 Å². The fraction of sp³-hybridized carbons (Fsp3) is 0.154. The van der Waals surface area contributed by atoms with Crippen molar-refractivity contribution in [2.45, 2.75) is 13.5 Å². The van der Waals surface area contributed by atoms with E-state index in [1.807, 2.05) is 25.3 Å². The van der Waals surface area contributed by atoms with Gasteiger partial charge in [-0.05, 0) is 31.2 Å². The molecule has 0 saturated carbocycles. The average Bonchev–Trinajstić information content (AvgIpc) is 2.87. The zero-order valence-corrected chi connectivity index (χ0v) is 12.0. The highest BCUT2D eigenvalue weighted by atomic mass is 79.9. The van der Waals surface area contributed by atoms with Gasteiger partial charge in [-0.2, -0.15) is 10.2 Å². The lowest BCUT2D eigenvalue weighted by Gasteiger charge is -1.99. The number of carbonyl (C=O) groups excluding carboxylic acids is 1. The molecule has 0 fully saturated rings. The van der Waals surface area contributed by atoms with Gasteiger partial charge in [-0.3, -0.25) is 9.48 Å². The van der Waals surface area contributed by atoms with E-state index in [4.69, 9.17) is 0 Å². The smallest absolute Gasteiger partial charge is 0.271 e. The van der Waals surface area contributed by atoms with Crippen molar-refractivity contribution in [1.82, 2.24) is 15.2 Å². The Morgan fingerprint density at radius 1 is 1.47 bits per heavy atom. The van der Waals surface area contributed by atoms with E-state index in [0.29, 0.717) is 5.56 Å². The second-order valence-electron chi connectivity index (χ2n) is 3.84. The molecule has 0 aliphatic carbocycles. The Morgan fingerprint density at radius 3 is 2.84 bits per heavy atom. The van der Waals surface area contributed by atoms with E-state index in [9.17, 15) is 4.79 Å². The Balaban J connectivity index is 1.94. The van der Waals surface area contributed by atoms with Crippen molar-refractivity contribution in [2.24, 2.45) is 5.10 Å². The molecular formula is C13H13BrN4O. The number of hydrogen-bond acceptors (Lipinski definition) is 3. The standard InChI is InChI=1S/C13H13BrN4O/c1-2-18-9-10(8-16-18)7-15-17-13(19)11-3-5-12(14)6-4-11/h3-9H,2H2,1H3,(H,17,19)/b15-7-. The number of rotatable bonds is 4. The van der Waals surface area contributed by atoms with Gasteiger partial charge in [0.25, 0.3) is 5.91 Å². The lowest BCUT2D eigenvalue weighted by atomic mass is 10.2. The minimum absolute atomic E-state index is 0.244. The molecule has 0 unspecified atom stereocenters. The number of amides is 1. The summed E-state index contributed by atoms with van der Waals surface area (Å²) in [6.45, 7) is 2.81. The first-order chi connectivity index (χ1) is 9.19. The third-order valence-corrected chi connectivity index (χ3v) is 2.99. The fourth-order valence-electron chi connectivity index (χ4n) is 1.45. The molecule has 0 saturated heterocycles. The van der Waals surface area contributed by atoms with Gasteiger partial charge < -0.3 is 0 Å². The van der Waals surface area contributed by atoms with Crippen LogP contribution in [0.1, 0.15) is 22.8 Å². The van der Waals surface area contributed by atoms with Crippen LogP contribution in [-0.2, 0) is 6.54 Å². The molecule has 1 amide bonds. The summed E-state index contributed by atoms with van der Waals surface area (Å²) in [5, 5.41) is 8.01. The zero-order chi connectivity index (χ0) is 13.7. The van der Waals surface area contributed by atoms with Gasteiger partial charge in [0.15, 0.2) is 0 Å². The molecule has 98 valence electrons. The van der Waals surface area contributed by atoms with Gasteiger partial charge in [-0.25, -0.2) is 5.43 Å². The molecule has 1 aromatic heterocycles. The van der Waals surface area contributed by atoms with Gasteiger partial charge in [0.2, 0.25) is 0 Å². The molecule has 1 aromatic carbocycles. The Labute approximate surface area is 119 Å². The summed E-state index contributed by atoms with van der Waals surface area (Å²) in [6, 6.07) is 7.07. The summed E-state index contributed by atoms with van der Waals surface area (Å²) in [7, 11) is 0. The van der Waals surface area contributed by atoms with Crippen molar-refractivity contribution in [1.29, 1.82) is 0 Å². The quantitative estimate of drug-likeness (QED) is 0.694. The number of aryl methyl sites for hydroxylation is 1. The van der Waals surface area contributed by atoms with E-state index in [2.05, 4.69) is 31.6 Å². The van der Waals surface area contributed by atoms with Crippen molar-refractivity contribution in [3.05, 3.63) is 52.3 Å². The first-order valence-corrected chi connectivity index (χ1v) is 6.60. The molecular weight excluding hydrogens is 308 g/mol. The number of nitrogens with zero attached hydrogens (tertiary/aromatic N) is 3. The highest BCUT2D eigenvalue weighted by molar-refractivity contribution is 9.10. The number of nitrogens with one attached hydrogen (secondary N) is 1. The summed E-state index contributed by atoms with van der Waals surface area (Å²) in [5.74, 6) is -0.244. The van der Waals surface area contributed by atoms with Crippen molar-refractivity contribution >= 4 is 28.1 Å². The van der Waals surface area contributed by atoms with Crippen molar-refractivity contribution in [3.8, 4) is 0 Å².